The monoisotopic (exact) mass is 379 g/mol. The number of rotatable bonds is 4. The van der Waals surface area contributed by atoms with E-state index in [1.54, 1.807) is 25.2 Å². The number of carbonyl (C=O) groups is 1. The van der Waals surface area contributed by atoms with Gasteiger partial charge in [-0.25, -0.2) is 0 Å². The third-order valence-electron chi connectivity index (χ3n) is 3.91. The van der Waals surface area contributed by atoms with E-state index in [-0.39, 0.29) is 17.4 Å². The Morgan fingerprint density at radius 1 is 1.12 bits per heavy atom. The number of nitrogens with zero attached hydrogens (tertiary/aromatic N) is 2. The number of hydrogen-bond donors (Lipinski definition) is 1. The first-order valence-corrected chi connectivity index (χ1v) is 8.00. The lowest BCUT2D eigenvalue weighted by molar-refractivity contribution is -0.137. The van der Waals surface area contributed by atoms with Crippen LogP contribution in [0.25, 0.3) is 10.8 Å². The number of benzene rings is 2. The van der Waals surface area contributed by atoms with Crippen molar-refractivity contribution in [2.24, 2.45) is 0 Å². The largest absolute Gasteiger partial charge is 0.416 e. The van der Waals surface area contributed by atoms with Crippen LogP contribution in [-0.4, -0.2) is 23.0 Å². The third-order valence-corrected chi connectivity index (χ3v) is 4.19. The highest BCUT2D eigenvalue weighted by Crippen LogP contribution is 2.30. The fraction of sp³-hybridized carbons (Fsp3) is 0.167. The first kappa shape index (κ1) is 18.1. The second kappa shape index (κ2) is 6.92. The van der Waals surface area contributed by atoms with E-state index in [2.05, 4.69) is 15.5 Å². The Balaban J connectivity index is 1.93. The molecule has 0 saturated heterocycles. The summed E-state index contributed by atoms with van der Waals surface area (Å²) in [6, 6.07) is 9.58. The summed E-state index contributed by atoms with van der Waals surface area (Å²) in [5.74, 6) is 0.152. The summed E-state index contributed by atoms with van der Waals surface area (Å²) in [5, 5.41) is 12.0. The molecule has 3 rings (SSSR count). The number of alkyl halides is 3. The van der Waals surface area contributed by atoms with Gasteiger partial charge in [-0.3, -0.25) is 4.79 Å². The van der Waals surface area contributed by atoms with Crippen LogP contribution in [0.15, 0.2) is 42.5 Å². The van der Waals surface area contributed by atoms with E-state index >= 15 is 0 Å². The second-order valence-corrected chi connectivity index (χ2v) is 6.01. The highest BCUT2D eigenvalue weighted by Gasteiger charge is 2.30. The molecule has 26 heavy (non-hydrogen) atoms. The average Bonchev–Trinajstić information content (AvgIpc) is 2.61. The van der Waals surface area contributed by atoms with Gasteiger partial charge < -0.3 is 5.32 Å². The minimum absolute atomic E-state index is 0.142. The molecule has 0 bridgehead atoms. The first-order chi connectivity index (χ1) is 12.3. The van der Waals surface area contributed by atoms with Gasteiger partial charge in [0, 0.05) is 29.8 Å². The molecule has 2 aromatic carbocycles. The maximum absolute atomic E-state index is 12.8. The van der Waals surface area contributed by atoms with E-state index in [1.165, 1.54) is 12.1 Å². The Morgan fingerprint density at radius 2 is 1.88 bits per heavy atom. The predicted molar refractivity (Wildman–Crippen MR) is 93.6 cm³/mol. The van der Waals surface area contributed by atoms with Gasteiger partial charge >= 0.3 is 6.18 Å². The molecule has 0 aliphatic carbocycles. The molecule has 1 N–H and O–H groups in total. The standard InChI is InChI=1S/C18H13ClF3N3O/c1-23-17-14-9-11(5-6-13(14)16(19)24-25-17)15(26)8-10-3-2-4-12(7-10)18(20,21)22/h2-7,9H,8H2,1H3,(H,23,25). The molecule has 8 heteroatoms. The summed E-state index contributed by atoms with van der Waals surface area (Å²) in [5.41, 5.74) is -0.124. The van der Waals surface area contributed by atoms with Crippen molar-refractivity contribution in [2.45, 2.75) is 12.6 Å². The number of halogens is 4. The van der Waals surface area contributed by atoms with Crippen molar-refractivity contribution in [1.82, 2.24) is 10.2 Å². The van der Waals surface area contributed by atoms with Gasteiger partial charge in [-0.05, 0) is 17.7 Å². The SMILES string of the molecule is CNc1nnc(Cl)c2ccc(C(=O)Cc3cccc(C(F)(F)F)c3)cc12. The Labute approximate surface area is 152 Å². The summed E-state index contributed by atoms with van der Waals surface area (Å²) in [6.45, 7) is 0. The van der Waals surface area contributed by atoms with Crippen LogP contribution < -0.4 is 5.32 Å². The van der Waals surface area contributed by atoms with Crippen molar-refractivity contribution in [3.63, 3.8) is 0 Å². The highest BCUT2D eigenvalue weighted by molar-refractivity contribution is 6.34. The molecular formula is C18H13ClF3N3O. The summed E-state index contributed by atoms with van der Waals surface area (Å²) in [4.78, 5) is 12.5. The number of hydrogen-bond acceptors (Lipinski definition) is 4. The maximum Gasteiger partial charge on any atom is 0.416 e. The third kappa shape index (κ3) is 3.62. The van der Waals surface area contributed by atoms with Crippen LogP contribution >= 0.6 is 11.6 Å². The molecule has 0 amide bonds. The molecule has 134 valence electrons. The molecule has 0 aliphatic heterocycles. The van der Waals surface area contributed by atoms with Crippen molar-refractivity contribution >= 4 is 34.0 Å². The molecular weight excluding hydrogens is 367 g/mol. The summed E-state index contributed by atoms with van der Waals surface area (Å²) in [7, 11) is 1.66. The van der Waals surface area contributed by atoms with Gasteiger partial charge in [-0.2, -0.15) is 13.2 Å². The Hall–Kier alpha value is -2.67. The van der Waals surface area contributed by atoms with Crippen LogP contribution in [-0.2, 0) is 12.6 Å². The maximum atomic E-state index is 12.8. The Morgan fingerprint density at radius 3 is 2.58 bits per heavy atom. The lowest BCUT2D eigenvalue weighted by Crippen LogP contribution is -2.08. The van der Waals surface area contributed by atoms with E-state index in [0.717, 1.165) is 12.1 Å². The van der Waals surface area contributed by atoms with Crippen molar-refractivity contribution < 1.29 is 18.0 Å². The normalized spacial score (nSPS) is 11.6. The Bertz CT molecular complexity index is 989. The molecule has 4 nitrogen and oxygen atoms in total. The van der Waals surface area contributed by atoms with Gasteiger partial charge in [0.2, 0.25) is 0 Å². The zero-order chi connectivity index (χ0) is 18.9. The van der Waals surface area contributed by atoms with E-state index in [0.29, 0.717) is 27.7 Å². The quantitative estimate of drug-likeness (QED) is 0.663. The number of nitrogens with one attached hydrogen (secondary N) is 1. The topological polar surface area (TPSA) is 54.9 Å². The molecule has 0 atom stereocenters. The fourth-order valence-electron chi connectivity index (χ4n) is 2.62. The van der Waals surface area contributed by atoms with Crippen LogP contribution in [0, 0.1) is 0 Å². The van der Waals surface area contributed by atoms with Crippen LogP contribution in [0.5, 0.6) is 0 Å². The van der Waals surface area contributed by atoms with E-state index < -0.39 is 11.7 Å². The molecule has 0 fully saturated rings. The van der Waals surface area contributed by atoms with Crippen LogP contribution in [0.1, 0.15) is 21.5 Å². The smallest absolute Gasteiger partial charge is 0.371 e. The zero-order valence-corrected chi connectivity index (χ0v) is 14.3. The molecule has 0 spiro atoms. The number of aromatic nitrogens is 2. The van der Waals surface area contributed by atoms with Crippen molar-refractivity contribution in [3.8, 4) is 0 Å². The summed E-state index contributed by atoms with van der Waals surface area (Å²) in [6.07, 6.45) is -4.59. The second-order valence-electron chi connectivity index (χ2n) is 5.65. The number of Topliss-reactive ketones (excluding diaryl/α,β-unsaturated/α-hetero) is 1. The van der Waals surface area contributed by atoms with Gasteiger partial charge in [-0.1, -0.05) is 41.9 Å². The predicted octanol–water partition coefficient (Wildman–Crippen LogP) is 4.77. The van der Waals surface area contributed by atoms with E-state index in [9.17, 15) is 18.0 Å². The minimum Gasteiger partial charge on any atom is -0.371 e. The van der Waals surface area contributed by atoms with Crippen molar-refractivity contribution in [3.05, 3.63) is 64.3 Å². The summed E-state index contributed by atoms with van der Waals surface area (Å²) < 4.78 is 38.4. The molecule has 3 aromatic rings. The van der Waals surface area contributed by atoms with Crippen molar-refractivity contribution in [2.75, 3.05) is 12.4 Å². The minimum atomic E-state index is -4.45. The number of ketones is 1. The van der Waals surface area contributed by atoms with Crippen LogP contribution in [0.4, 0.5) is 19.0 Å². The fourth-order valence-corrected chi connectivity index (χ4v) is 2.83. The lowest BCUT2D eigenvalue weighted by atomic mass is 9.99. The molecule has 0 saturated carbocycles. The van der Waals surface area contributed by atoms with Gasteiger partial charge in [0.15, 0.2) is 16.8 Å². The molecule has 0 unspecified atom stereocenters. The highest BCUT2D eigenvalue weighted by atomic mass is 35.5. The zero-order valence-electron chi connectivity index (χ0n) is 13.6. The lowest BCUT2D eigenvalue weighted by Gasteiger charge is -2.09. The van der Waals surface area contributed by atoms with Crippen LogP contribution in [0.3, 0.4) is 0 Å². The van der Waals surface area contributed by atoms with Crippen LogP contribution in [0.2, 0.25) is 5.15 Å². The Kier molecular flexibility index (Phi) is 4.82. The number of anilines is 1. The molecule has 1 aromatic heterocycles. The van der Waals surface area contributed by atoms with Gasteiger partial charge in [0.05, 0.1) is 5.56 Å². The van der Waals surface area contributed by atoms with Gasteiger partial charge in [-0.15, -0.1) is 10.2 Å². The number of fused-ring (bicyclic) bond motifs is 1. The first-order valence-electron chi connectivity index (χ1n) is 7.62. The summed E-state index contributed by atoms with van der Waals surface area (Å²) >= 11 is 6.01. The van der Waals surface area contributed by atoms with Gasteiger partial charge in [0.25, 0.3) is 0 Å². The molecule has 0 radical (unpaired) electrons. The van der Waals surface area contributed by atoms with E-state index in [1.807, 2.05) is 0 Å². The van der Waals surface area contributed by atoms with E-state index in [4.69, 9.17) is 11.6 Å². The van der Waals surface area contributed by atoms with Gasteiger partial charge in [0.1, 0.15) is 0 Å². The molecule has 0 aliphatic rings. The average molecular weight is 380 g/mol. The molecule has 1 heterocycles. The van der Waals surface area contributed by atoms with Crippen molar-refractivity contribution in [1.29, 1.82) is 0 Å². The number of carbonyl (C=O) groups excluding carboxylic acids is 1.